The second-order valence-corrected chi connectivity index (χ2v) is 4.77. The highest BCUT2D eigenvalue weighted by Gasteiger charge is 2.22. The molecule has 2 rings (SSSR count). The van der Waals surface area contributed by atoms with Gasteiger partial charge in [-0.25, -0.2) is 4.79 Å². The summed E-state index contributed by atoms with van der Waals surface area (Å²) in [6, 6.07) is 0.373. The molecule has 0 aromatic heterocycles. The van der Waals surface area contributed by atoms with Gasteiger partial charge in [-0.3, -0.25) is 0 Å². The fraction of sp³-hybridized carbons (Fsp3) is 0.750. The molecule has 0 radical (unpaired) electrons. The minimum Gasteiger partial charge on any atom is -0.396 e. The van der Waals surface area contributed by atoms with Crippen LogP contribution in [0.1, 0.15) is 32.1 Å². The lowest BCUT2D eigenvalue weighted by atomic mass is 10.1. The molecule has 0 aromatic rings. The fourth-order valence-corrected chi connectivity index (χ4v) is 2.48. The lowest BCUT2D eigenvalue weighted by Crippen LogP contribution is -2.44. The molecule has 0 aromatic carbocycles. The highest BCUT2D eigenvalue weighted by atomic mass is 16.3. The molecule has 90 valence electrons. The van der Waals surface area contributed by atoms with Gasteiger partial charge in [0.1, 0.15) is 0 Å². The van der Waals surface area contributed by atoms with Gasteiger partial charge in [-0.15, -0.1) is 0 Å². The van der Waals surface area contributed by atoms with E-state index >= 15 is 0 Å². The van der Waals surface area contributed by atoms with Gasteiger partial charge < -0.3 is 15.7 Å². The Morgan fingerprint density at radius 3 is 2.62 bits per heavy atom. The van der Waals surface area contributed by atoms with Gasteiger partial charge in [0.25, 0.3) is 0 Å². The van der Waals surface area contributed by atoms with Crippen LogP contribution in [0.4, 0.5) is 4.79 Å². The third kappa shape index (κ3) is 2.98. The van der Waals surface area contributed by atoms with Crippen LogP contribution in [0.15, 0.2) is 12.2 Å². The van der Waals surface area contributed by atoms with Gasteiger partial charge >= 0.3 is 6.03 Å². The number of carbonyl (C=O) groups is 1. The van der Waals surface area contributed by atoms with Gasteiger partial charge in [-0.2, -0.15) is 0 Å². The molecule has 0 saturated heterocycles. The Balaban J connectivity index is 1.69. The fourth-order valence-electron chi connectivity index (χ4n) is 2.48. The largest absolute Gasteiger partial charge is 0.396 e. The van der Waals surface area contributed by atoms with E-state index in [0.717, 1.165) is 19.3 Å². The SMILES string of the molecule is O=C(NC1CCCC1)N[C@@H]1C=C[C@H](CO)C1. The summed E-state index contributed by atoms with van der Waals surface area (Å²) >= 11 is 0. The smallest absolute Gasteiger partial charge is 0.315 e. The molecule has 0 heterocycles. The third-order valence-electron chi connectivity index (χ3n) is 3.41. The van der Waals surface area contributed by atoms with Crippen LogP contribution in [0.3, 0.4) is 0 Å². The summed E-state index contributed by atoms with van der Waals surface area (Å²) in [6.45, 7) is 0.166. The highest BCUT2D eigenvalue weighted by Crippen LogP contribution is 2.18. The zero-order chi connectivity index (χ0) is 11.4. The molecule has 2 atom stereocenters. The molecule has 1 saturated carbocycles. The normalized spacial score (nSPS) is 29.6. The zero-order valence-corrected chi connectivity index (χ0v) is 9.48. The number of nitrogens with one attached hydrogen (secondary N) is 2. The Labute approximate surface area is 96.1 Å². The number of hydrogen-bond acceptors (Lipinski definition) is 2. The van der Waals surface area contributed by atoms with Crippen molar-refractivity contribution in [2.45, 2.75) is 44.2 Å². The van der Waals surface area contributed by atoms with E-state index < -0.39 is 0 Å². The average Bonchev–Trinajstić information content (AvgIpc) is 2.89. The van der Waals surface area contributed by atoms with Crippen LogP contribution in [0, 0.1) is 5.92 Å². The van der Waals surface area contributed by atoms with Gasteiger partial charge in [-0.1, -0.05) is 25.0 Å². The third-order valence-corrected chi connectivity index (χ3v) is 3.41. The van der Waals surface area contributed by atoms with Crippen molar-refractivity contribution in [3.63, 3.8) is 0 Å². The first kappa shape index (κ1) is 11.5. The van der Waals surface area contributed by atoms with E-state index in [1.165, 1.54) is 12.8 Å². The monoisotopic (exact) mass is 224 g/mol. The van der Waals surface area contributed by atoms with E-state index in [9.17, 15) is 4.79 Å². The van der Waals surface area contributed by atoms with Crippen molar-refractivity contribution in [2.75, 3.05) is 6.61 Å². The van der Waals surface area contributed by atoms with Crippen LogP contribution in [0.5, 0.6) is 0 Å². The summed E-state index contributed by atoms with van der Waals surface area (Å²) in [5.41, 5.74) is 0. The molecule has 0 spiro atoms. The molecule has 0 aliphatic heterocycles. The van der Waals surface area contributed by atoms with Crippen LogP contribution in [0.25, 0.3) is 0 Å². The molecule has 16 heavy (non-hydrogen) atoms. The number of carbonyl (C=O) groups excluding carboxylic acids is 1. The van der Waals surface area contributed by atoms with E-state index in [1.807, 2.05) is 12.2 Å². The van der Waals surface area contributed by atoms with Crippen molar-refractivity contribution < 1.29 is 9.90 Å². The summed E-state index contributed by atoms with van der Waals surface area (Å²) in [6.07, 6.45) is 9.41. The Bertz CT molecular complexity index is 272. The van der Waals surface area contributed by atoms with E-state index in [2.05, 4.69) is 10.6 Å². The number of amides is 2. The van der Waals surface area contributed by atoms with Crippen molar-refractivity contribution in [3.05, 3.63) is 12.2 Å². The number of urea groups is 1. The van der Waals surface area contributed by atoms with Gasteiger partial charge in [0.05, 0.1) is 0 Å². The van der Waals surface area contributed by atoms with Gasteiger partial charge in [0, 0.05) is 24.6 Å². The molecule has 1 fully saturated rings. The van der Waals surface area contributed by atoms with E-state index in [1.54, 1.807) is 0 Å². The summed E-state index contributed by atoms with van der Waals surface area (Å²) in [7, 11) is 0. The molecule has 4 nitrogen and oxygen atoms in total. The quantitative estimate of drug-likeness (QED) is 0.630. The first-order valence-electron chi connectivity index (χ1n) is 6.14. The second kappa shape index (κ2) is 5.34. The molecule has 0 bridgehead atoms. The van der Waals surface area contributed by atoms with Crippen LogP contribution < -0.4 is 10.6 Å². The first-order chi connectivity index (χ1) is 7.78. The maximum Gasteiger partial charge on any atom is 0.315 e. The topological polar surface area (TPSA) is 61.4 Å². The lowest BCUT2D eigenvalue weighted by Gasteiger charge is -2.16. The van der Waals surface area contributed by atoms with Gasteiger partial charge in [0.15, 0.2) is 0 Å². The Hall–Kier alpha value is -1.03. The molecule has 2 aliphatic carbocycles. The summed E-state index contributed by atoms with van der Waals surface area (Å²) in [5.74, 6) is 0.205. The van der Waals surface area contributed by atoms with Crippen molar-refractivity contribution in [3.8, 4) is 0 Å². The van der Waals surface area contributed by atoms with E-state index in [-0.39, 0.29) is 24.6 Å². The lowest BCUT2D eigenvalue weighted by molar-refractivity contribution is 0.228. The van der Waals surface area contributed by atoms with E-state index in [0.29, 0.717) is 6.04 Å². The predicted molar refractivity (Wildman–Crippen MR) is 62.0 cm³/mol. The highest BCUT2D eigenvalue weighted by molar-refractivity contribution is 5.74. The standard InChI is InChI=1S/C12H20N2O2/c15-8-9-5-6-11(7-9)14-12(16)13-10-3-1-2-4-10/h5-6,9-11,15H,1-4,7-8H2,(H2,13,14,16)/t9-,11+/m0/s1. The Kier molecular flexibility index (Phi) is 3.83. The molecule has 3 N–H and O–H groups in total. The maximum absolute atomic E-state index is 11.6. The van der Waals surface area contributed by atoms with Gasteiger partial charge in [0.2, 0.25) is 0 Å². The average molecular weight is 224 g/mol. The number of hydrogen-bond donors (Lipinski definition) is 3. The number of aliphatic hydroxyl groups is 1. The molecular formula is C12H20N2O2. The molecule has 0 unspecified atom stereocenters. The summed E-state index contributed by atoms with van der Waals surface area (Å²) in [5, 5.41) is 14.9. The molecule has 2 aliphatic rings. The molecular weight excluding hydrogens is 204 g/mol. The van der Waals surface area contributed by atoms with Crippen LogP contribution in [0.2, 0.25) is 0 Å². The maximum atomic E-state index is 11.6. The molecule has 4 heteroatoms. The Morgan fingerprint density at radius 2 is 2.00 bits per heavy atom. The summed E-state index contributed by atoms with van der Waals surface area (Å²) < 4.78 is 0. The number of rotatable bonds is 3. The van der Waals surface area contributed by atoms with E-state index in [4.69, 9.17) is 5.11 Å². The molecule has 2 amide bonds. The first-order valence-corrected chi connectivity index (χ1v) is 6.14. The van der Waals surface area contributed by atoms with Crippen LogP contribution >= 0.6 is 0 Å². The minimum atomic E-state index is -0.0693. The Morgan fingerprint density at radius 1 is 1.25 bits per heavy atom. The predicted octanol–water partition coefficient (Wildman–Crippen LogP) is 1.17. The second-order valence-electron chi connectivity index (χ2n) is 4.77. The summed E-state index contributed by atoms with van der Waals surface area (Å²) in [4.78, 5) is 11.6. The minimum absolute atomic E-state index is 0.0693. The van der Waals surface area contributed by atoms with Gasteiger partial charge in [-0.05, 0) is 19.3 Å². The van der Waals surface area contributed by atoms with Crippen molar-refractivity contribution >= 4 is 6.03 Å². The van der Waals surface area contributed by atoms with Crippen LogP contribution in [-0.2, 0) is 0 Å². The number of aliphatic hydroxyl groups excluding tert-OH is 1. The van der Waals surface area contributed by atoms with Crippen molar-refractivity contribution in [1.29, 1.82) is 0 Å². The van der Waals surface area contributed by atoms with Crippen molar-refractivity contribution in [2.24, 2.45) is 5.92 Å². The van der Waals surface area contributed by atoms with Crippen molar-refractivity contribution in [1.82, 2.24) is 10.6 Å². The zero-order valence-electron chi connectivity index (χ0n) is 9.48. The van der Waals surface area contributed by atoms with Crippen LogP contribution in [-0.4, -0.2) is 29.8 Å².